The molecule has 1 atom stereocenters. The van der Waals surface area contributed by atoms with Crippen LogP contribution in [0.3, 0.4) is 0 Å². The molecule has 0 aromatic heterocycles. The van der Waals surface area contributed by atoms with Gasteiger partial charge in [-0.3, -0.25) is 5.32 Å². The van der Waals surface area contributed by atoms with Gasteiger partial charge >= 0.3 is 12.1 Å². The molecule has 0 aliphatic heterocycles. The smallest absolute Gasteiger partial charge is 0.411 e. The summed E-state index contributed by atoms with van der Waals surface area (Å²) in [5, 5.41) is 2.88. The first-order valence-electron chi connectivity index (χ1n) is 12.1. The Bertz CT molecular complexity index is 1150. The van der Waals surface area contributed by atoms with Gasteiger partial charge in [-0.2, -0.15) is 0 Å². The van der Waals surface area contributed by atoms with Crippen molar-refractivity contribution in [3.63, 3.8) is 0 Å². The minimum absolute atomic E-state index is 0.00246. The lowest BCUT2D eigenvalue weighted by Gasteiger charge is -2.17. The Labute approximate surface area is 216 Å². The second-order valence-electron chi connectivity index (χ2n) is 8.44. The average Bonchev–Trinajstić information content (AvgIpc) is 3.23. The first kappa shape index (κ1) is 25.8. The van der Waals surface area contributed by atoms with Crippen molar-refractivity contribution in [2.24, 2.45) is 0 Å². The summed E-state index contributed by atoms with van der Waals surface area (Å²) in [4.78, 5) is 24.9. The number of ether oxygens (including phenoxy) is 3. The lowest BCUT2D eigenvalue weighted by Crippen LogP contribution is -2.26. The van der Waals surface area contributed by atoms with Crippen molar-refractivity contribution < 1.29 is 23.8 Å². The first-order chi connectivity index (χ1) is 17.6. The molecular formula is C29H31NO5S. The number of amides is 1. The summed E-state index contributed by atoms with van der Waals surface area (Å²) in [6, 6.07) is 24.0. The van der Waals surface area contributed by atoms with Crippen molar-refractivity contribution in [1.82, 2.24) is 0 Å². The van der Waals surface area contributed by atoms with Crippen LogP contribution in [0.25, 0.3) is 11.1 Å². The second kappa shape index (κ2) is 12.6. The van der Waals surface area contributed by atoms with Crippen LogP contribution in [0.2, 0.25) is 0 Å². The third kappa shape index (κ3) is 6.09. The van der Waals surface area contributed by atoms with E-state index in [2.05, 4.69) is 29.6 Å². The maximum absolute atomic E-state index is 12.8. The molecule has 3 aromatic rings. The number of rotatable bonds is 11. The molecule has 0 unspecified atom stereocenters. The number of carbonyl (C=O) groups is 2. The van der Waals surface area contributed by atoms with Crippen molar-refractivity contribution in [2.45, 2.75) is 31.8 Å². The van der Waals surface area contributed by atoms with Gasteiger partial charge in [0.2, 0.25) is 0 Å². The molecular weight excluding hydrogens is 474 g/mol. The molecule has 0 saturated carbocycles. The third-order valence-corrected chi connectivity index (χ3v) is 7.01. The zero-order valence-electron chi connectivity index (χ0n) is 20.6. The first-order valence-corrected chi connectivity index (χ1v) is 13.2. The summed E-state index contributed by atoms with van der Waals surface area (Å²) in [7, 11) is 1.36. The van der Waals surface area contributed by atoms with E-state index in [9.17, 15) is 9.59 Å². The molecule has 0 radical (unpaired) electrons. The molecule has 0 fully saturated rings. The minimum Gasteiger partial charge on any atom is -0.467 e. The zero-order chi connectivity index (χ0) is 25.3. The molecule has 0 bridgehead atoms. The SMILES string of the molecule is CCSCO[C@@H](CCc1ccccc1NC(=O)OCC1c2ccccc2-c2ccccc21)C(=O)OC. The van der Waals surface area contributed by atoms with Gasteiger partial charge in [0.1, 0.15) is 6.61 Å². The molecule has 1 aliphatic rings. The number of esters is 1. The molecule has 4 rings (SSSR count). The van der Waals surface area contributed by atoms with Gasteiger partial charge in [0.05, 0.1) is 13.0 Å². The number of benzene rings is 3. The largest absolute Gasteiger partial charge is 0.467 e. The number of carbonyl (C=O) groups excluding carboxylic acids is 2. The van der Waals surface area contributed by atoms with Crippen LogP contribution >= 0.6 is 11.8 Å². The van der Waals surface area contributed by atoms with E-state index in [1.807, 2.05) is 55.5 Å². The molecule has 1 aliphatic carbocycles. The van der Waals surface area contributed by atoms with Crippen LogP contribution in [0.1, 0.15) is 36.0 Å². The van der Waals surface area contributed by atoms with Crippen LogP contribution in [-0.2, 0) is 25.4 Å². The van der Waals surface area contributed by atoms with Crippen molar-refractivity contribution in [3.8, 4) is 11.1 Å². The highest BCUT2D eigenvalue weighted by atomic mass is 32.2. The van der Waals surface area contributed by atoms with Gasteiger partial charge in [-0.1, -0.05) is 73.7 Å². The van der Waals surface area contributed by atoms with Crippen molar-refractivity contribution >= 4 is 29.5 Å². The van der Waals surface area contributed by atoms with Gasteiger partial charge in [0.15, 0.2) is 6.10 Å². The Morgan fingerprint density at radius 1 is 0.944 bits per heavy atom. The topological polar surface area (TPSA) is 73.9 Å². The van der Waals surface area contributed by atoms with Gasteiger partial charge in [-0.15, -0.1) is 11.8 Å². The molecule has 36 heavy (non-hydrogen) atoms. The highest BCUT2D eigenvalue weighted by Crippen LogP contribution is 2.44. The number of para-hydroxylation sites is 1. The number of aryl methyl sites for hydroxylation is 1. The summed E-state index contributed by atoms with van der Waals surface area (Å²) in [6.45, 7) is 2.28. The Morgan fingerprint density at radius 2 is 1.58 bits per heavy atom. The Hall–Kier alpha value is -3.29. The van der Waals surface area contributed by atoms with E-state index in [-0.39, 0.29) is 12.5 Å². The average molecular weight is 506 g/mol. The fraction of sp³-hybridized carbons (Fsp3) is 0.310. The summed E-state index contributed by atoms with van der Waals surface area (Å²) in [5.74, 6) is 0.933. The highest BCUT2D eigenvalue weighted by Gasteiger charge is 2.29. The van der Waals surface area contributed by atoms with Crippen LogP contribution in [-0.4, -0.2) is 43.6 Å². The Balaban J connectivity index is 1.38. The number of hydrogen-bond donors (Lipinski definition) is 1. The molecule has 1 amide bonds. The van der Waals surface area contributed by atoms with E-state index in [4.69, 9.17) is 14.2 Å². The fourth-order valence-electron chi connectivity index (χ4n) is 4.51. The van der Waals surface area contributed by atoms with Crippen LogP contribution in [0.4, 0.5) is 10.5 Å². The molecule has 0 heterocycles. The number of fused-ring (bicyclic) bond motifs is 3. The monoisotopic (exact) mass is 505 g/mol. The van der Waals surface area contributed by atoms with Gasteiger partial charge in [-0.25, -0.2) is 9.59 Å². The molecule has 3 aromatic carbocycles. The van der Waals surface area contributed by atoms with Crippen molar-refractivity contribution in [1.29, 1.82) is 0 Å². The zero-order valence-corrected chi connectivity index (χ0v) is 21.4. The van der Waals surface area contributed by atoms with Gasteiger partial charge < -0.3 is 14.2 Å². The van der Waals surface area contributed by atoms with Crippen LogP contribution in [0, 0.1) is 0 Å². The van der Waals surface area contributed by atoms with Crippen molar-refractivity contribution in [3.05, 3.63) is 89.5 Å². The normalized spacial score (nSPS) is 12.9. The summed E-state index contributed by atoms with van der Waals surface area (Å²) < 4.78 is 16.3. The van der Waals surface area contributed by atoms with E-state index in [1.165, 1.54) is 29.4 Å². The maximum Gasteiger partial charge on any atom is 0.411 e. The molecule has 1 N–H and O–H groups in total. The third-order valence-electron chi connectivity index (χ3n) is 6.29. The van der Waals surface area contributed by atoms with Crippen LogP contribution in [0.5, 0.6) is 0 Å². The van der Waals surface area contributed by atoms with Crippen LogP contribution < -0.4 is 5.32 Å². The van der Waals surface area contributed by atoms with Gasteiger partial charge in [0, 0.05) is 11.6 Å². The second-order valence-corrected chi connectivity index (χ2v) is 9.66. The quantitative estimate of drug-likeness (QED) is 0.189. The molecule has 6 nitrogen and oxygen atoms in total. The predicted octanol–water partition coefficient (Wildman–Crippen LogP) is 6.25. The standard InChI is InChI=1S/C29H31NO5S/c1-3-36-19-35-27(28(31)33-2)17-16-20-10-4-9-15-26(20)30-29(32)34-18-25-23-13-7-5-11-21(23)22-12-6-8-14-24(22)25/h4-15,25,27H,3,16-19H2,1-2H3,(H,30,32)/t27-/m0/s1. The van der Waals surface area contributed by atoms with E-state index < -0.39 is 18.2 Å². The number of hydrogen-bond acceptors (Lipinski definition) is 6. The molecule has 0 spiro atoms. The number of nitrogens with one attached hydrogen (secondary N) is 1. The van der Waals surface area contributed by atoms with E-state index in [1.54, 1.807) is 11.8 Å². The molecule has 0 saturated heterocycles. The Morgan fingerprint density at radius 3 is 2.25 bits per heavy atom. The fourth-order valence-corrected chi connectivity index (χ4v) is 4.93. The van der Waals surface area contributed by atoms with E-state index in [0.717, 1.165) is 11.3 Å². The summed E-state index contributed by atoms with van der Waals surface area (Å²) in [6.07, 6.45) is -0.183. The lowest BCUT2D eigenvalue weighted by molar-refractivity contribution is -0.153. The molecule has 188 valence electrons. The molecule has 7 heteroatoms. The lowest BCUT2D eigenvalue weighted by atomic mass is 9.98. The number of anilines is 1. The number of thioether (sulfide) groups is 1. The predicted molar refractivity (Wildman–Crippen MR) is 143 cm³/mol. The van der Waals surface area contributed by atoms with Crippen LogP contribution in [0.15, 0.2) is 72.8 Å². The highest BCUT2D eigenvalue weighted by molar-refractivity contribution is 7.99. The van der Waals surface area contributed by atoms with Gasteiger partial charge in [0.25, 0.3) is 0 Å². The number of methoxy groups -OCH3 is 1. The summed E-state index contributed by atoms with van der Waals surface area (Å²) in [5.41, 5.74) is 6.26. The van der Waals surface area contributed by atoms with Crippen molar-refractivity contribution in [2.75, 3.05) is 30.7 Å². The van der Waals surface area contributed by atoms with E-state index >= 15 is 0 Å². The summed E-state index contributed by atoms with van der Waals surface area (Å²) >= 11 is 1.60. The Kier molecular flexibility index (Phi) is 9.03. The van der Waals surface area contributed by atoms with E-state index in [0.29, 0.717) is 24.5 Å². The van der Waals surface area contributed by atoms with Gasteiger partial charge in [-0.05, 0) is 52.5 Å². The minimum atomic E-state index is -0.656. The maximum atomic E-state index is 12.8.